The van der Waals surface area contributed by atoms with Crippen LogP contribution in [0, 0.1) is 0 Å². The van der Waals surface area contributed by atoms with Crippen LogP contribution in [0.1, 0.15) is 47.2 Å². The number of nitrogens with two attached hydrogens (primary N) is 2. The van der Waals surface area contributed by atoms with E-state index in [1.807, 2.05) is 123 Å². The summed E-state index contributed by atoms with van der Waals surface area (Å²) in [4.78, 5) is 24.0. The normalized spacial score (nSPS) is 17.7. The molecular weight excluding hydrogens is 492 g/mol. The van der Waals surface area contributed by atoms with Crippen LogP contribution in [0.15, 0.2) is 121 Å². The molecule has 202 valence electrons. The summed E-state index contributed by atoms with van der Waals surface area (Å²) < 4.78 is 0. The van der Waals surface area contributed by atoms with E-state index in [9.17, 15) is 9.59 Å². The van der Waals surface area contributed by atoms with Crippen molar-refractivity contribution in [2.75, 3.05) is 0 Å². The Morgan fingerprint density at radius 3 is 1.20 bits per heavy atom. The minimum atomic E-state index is -0.525. The average Bonchev–Trinajstić information content (AvgIpc) is 3.22. The van der Waals surface area contributed by atoms with E-state index in [1.165, 1.54) is 0 Å². The van der Waals surface area contributed by atoms with E-state index in [0.717, 1.165) is 44.5 Å². The Morgan fingerprint density at radius 2 is 0.825 bits per heavy atom. The molecule has 4 aromatic carbocycles. The minimum Gasteiger partial charge on any atom is -0.318 e. The van der Waals surface area contributed by atoms with Crippen LogP contribution >= 0.6 is 0 Å². The highest BCUT2D eigenvalue weighted by Gasteiger charge is 2.22. The van der Waals surface area contributed by atoms with Gasteiger partial charge in [-0.15, -0.1) is 0 Å². The van der Waals surface area contributed by atoms with Gasteiger partial charge in [0.15, 0.2) is 11.6 Å². The van der Waals surface area contributed by atoms with E-state index in [4.69, 9.17) is 11.5 Å². The summed E-state index contributed by atoms with van der Waals surface area (Å²) in [6, 6.07) is 35.1. The van der Waals surface area contributed by atoms with Crippen molar-refractivity contribution in [3.63, 3.8) is 0 Å². The lowest BCUT2D eigenvalue weighted by atomic mass is 9.94. The summed E-state index contributed by atoms with van der Waals surface area (Å²) in [5, 5.41) is 0. The van der Waals surface area contributed by atoms with Crippen LogP contribution in [0.3, 0.4) is 0 Å². The summed E-state index contributed by atoms with van der Waals surface area (Å²) >= 11 is 0. The molecule has 2 unspecified atom stereocenters. The third-order valence-electron chi connectivity index (χ3n) is 6.95. The number of hydrogen-bond acceptors (Lipinski definition) is 4. The van der Waals surface area contributed by atoms with Gasteiger partial charge >= 0.3 is 0 Å². The molecule has 0 aliphatic heterocycles. The number of rotatable bonds is 2. The molecule has 0 saturated heterocycles. The van der Waals surface area contributed by atoms with E-state index >= 15 is 0 Å². The van der Waals surface area contributed by atoms with E-state index in [0.29, 0.717) is 12.8 Å². The fraction of sp³-hybridized carbons (Fsp3) is 0.167. The highest BCUT2D eigenvalue weighted by molar-refractivity contribution is 5.96. The zero-order chi connectivity index (χ0) is 28.5. The maximum absolute atomic E-state index is 12.0. The number of benzene rings is 4. The Bertz CT molecular complexity index is 1400. The molecule has 0 heterocycles. The minimum absolute atomic E-state index is 0.0679. The van der Waals surface area contributed by atoms with Crippen molar-refractivity contribution in [3.05, 3.63) is 155 Å². The van der Waals surface area contributed by atoms with Crippen molar-refractivity contribution in [3.8, 4) is 0 Å². The van der Waals surface area contributed by atoms with Crippen molar-refractivity contribution < 1.29 is 9.59 Å². The first-order valence-corrected chi connectivity index (χ1v) is 13.8. The summed E-state index contributed by atoms with van der Waals surface area (Å²) in [5.74, 6) is 0.136. The second-order valence-corrected chi connectivity index (χ2v) is 9.54. The first kappa shape index (κ1) is 28.6. The third-order valence-corrected chi connectivity index (χ3v) is 6.95. The molecule has 4 nitrogen and oxygen atoms in total. The molecule has 0 radical (unpaired) electrons. The van der Waals surface area contributed by atoms with Crippen molar-refractivity contribution in [2.24, 2.45) is 11.5 Å². The van der Waals surface area contributed by atoms with Crippen molar-refractivity contribution in [1.82, 2.24) is 0 Å². The monoisotopic (exact) mass is 528 g/mol. The molecule has 0 spiro atoms. The molecule has 40 heavy (non-hydrogen) atoms. The Kier molecular flexibility index (Phi) is 9.74. The molecule has 0 amide bonds. The molecule has 4 heteroatoms. The summed E-state index contributed by atoms with van der Waals surface area (Å²) in [7, 11) is 0. The van der Waals surface area contributed by atoms with Gasteiger partial charge in [0.2, 0.25) is 0 Å². The van der Waals surface area contributed by atoms with Gasteiger partial charge in [-0.3, -0.25) is 9.59 Å². The Morgan fingerprint density at radius 1 is 0.500 bits per heavy atom. The van der Waals surface area contributed by atoms with Crippen LogP contribution < -0.4 is 11.5 Å². The molecule has 0 aromatic heterocycles. The average molecular weight is 529 g/mol. The summed E-state index contributed by atoms with van der Waals surface area (Å²) in [6.45, 7) is 4.00. The smallest absolute Gasteiger partial charge is 0.157 e. The SMILES string of the molecule is CC.NC1C=C(c2ccccc2)c2ccccc2CC1=O.NC1C=C(c2ccccc2)c2ccccc2CC1=O. The van der Waals surface area contributed by atoms with Gasteiger partial charge in [-0.05, 0) is 44.5 Å². The van der Waals surface area contributed by atoms with Crippen molar-refractivity contribution in [1.29, 1.82) is 0 Å². The van der Waals surface area contributed by atoms with E-state index in [2.05, 4.69) is 12.1 Å². The quantitative estimate of drug-likeness (QED) is 0.326. The number of carbonyl (C=O) groups excluding carboxylic acids is 2. The number of ketones is 2. The molecule has 0 saturated carbocycles. The molecule has 4 N–H and O–H groups in total. The number of carbonyl (C=O) groups is 2. The Labute approximate surface area is 237 Å². The lowest BCUT2D eigenvalue weighted by molar-refractivity contribution is -0.119. The highest BCUT2D eigenvalue weighted by atomic mass is 16.1. The Hall–Kier alpha value is -4.38. The van der Waals surface area contributed by atoms with E-state index in [1.54, 1.807) is 0 Å². The van der Waals surface area contributed by atoms with Gasteiger partial charge in [-0.25, -0.2) is 0 Å². The molecule has 2 aliphatic rings. The summed E-state index contributed by atoms with van der Waals surface area (Å²) in [6.07, 6.45) is 4.57. The Balaban J connectivity index is 0.000000174. The van der Waals surface area contributed by atoms with E-state index in [-0.39, 0.29) is 11.6 Å². The fourth-order valence-corrected chi connectivity index (χ4v) is 4.95. The van der Waals surface area contributed by atoms with Crippen LogP contribution in [-0.2, 0) is 22.4 Å². The van der Waals surface area contributed by atoms with Gasteiger partial charge in [0, 0.05) is 12.8 Å². The standard InChI is InChI=1S/2C17H15NO.C2H6/c2*18-16-11-15(12-6-2-1-3-7-12)14-9-5-4-8-13(14)10-17(16)19;1-2/h2*1-9,11,16H,10,18H2;1-2H3. The third kappa shape index (κ3) is 6.60. The lowest BCUT2D eigenvalue weighted by Crippen LogP contribution is -2.28. The summed E-state index contributed by atoms with van der Waals surface area (Å²) in [5.41, 5.74) is 20.5. The molecule has 6 rings (SSSR count). The molecule has 2 atom stereocenters. The first-order chi connectivity index (χ1) is 19.5. The second kappa shape index (κ2) is 13.6. The molecule has 0 fully saturated rings. The van der Waals surface area contributed by atoms with Gasteiger partial charge in [-0.1, -0.05) is 135 Å². The molecular formula is C36H36N2O2. The van der Waals surface area contributed by atoms with Crippen LogP contribution in [0.25, 0.3) is 11.1 Å². The molecule has 0 bridgehead atoms. The van der Waals surface area contributed by atoms with Crippen LogP contribution in [0.4, 0.5) is 0 Å². The lowest BCUT2D eigenvalue weighted by Gasteiger charge is -2.10. The maximum Gasteiger partial charge on any atom is 0.157 e. The number of hydrogen-bond donors (Lipinski definition) is 2. The topological polar surface area (TPSA) is 86.2 Å². The molecule has 2 aliphatic carbocycles. The van der Waals surface area contributed by atoms with Gasteiger partial charge in [0.25, 0.3) is 0 Å². The first-order valence-electron chi connectivity index (χ1n) is 13.8. The zero-order valence-corrected chi connectivity index (χ0v) is 23.1. The van der Waals surface area contributed by atoms with Crippen LogP contribution in [-0.4, -0.2) is 23.7 Å². The molecule has 4 aromatic rings. The van der Waals surface area contributed by atoms with Gasteiger partial charge in [0.1, 0.15) is 0 Å². The predicted octanol–water partition coefficient (Wildman–Crippen LogP) is 6.17. The van der Waals surface area contributed by atoms with Gasteiger partial charge in [0.05, 0.1) is 12.1 Å². The van der Waals surface area contributed by atoms with Crippen molar-refractivity contribution >= 4 is 22.7 Å². The van der Waals surface area contributed by atoms with Crippen LogP contribution in [0.5, 0.6) is 0 Å². The van der Waals surface area contributed by atoms with E-state index < -0.39 is 12.1 Å². The number of fused-ring (bicyclic) bond motifs is 2. The van der Waals surface area contributed by atoms with Gasteiger partial charge in [-0.2, -0.15) is 0 Å². The number of Topliss-reactive ketones (excluding diaryl/α,β-unsaturated/α-hetero) is 2. The van der Waals surface area contributed by atoms with Gasteiger partial charge < -0.3 is 11.5 Å². The maximum atomic E-state index is 12.0. The zero-order valence-electron chi connectivity index (χ0n) is 23.1. The van der Waals surface area contributed by atoms with Crippen LogP contribution in [0.2, 0.25) is 0 Å². The second-order valence-electron chi connectivity index (χ2n) is 9.54. The van der Waals surface area contributed by atoms with Crippen molar-refractivity contribution in [2.45, 2.75) is 38.8 Å². The fourth-order valence-electron chi connectivity index (χ4n) is 4.95. The highest BCUT2D eigenvalue weighted by Crippen LogP contribution is 2.30. The predicted molar refractivity (Wildman–Crippen MR) is 165 cm³/mol. The largest absolute Gasteiger partial charge is 0.318 e.